The Kier molecular flexibility index (Phi) is 4.36. The first-order chi connectivity index (χ1) is 8.58. The van der Waals surface area contributed by atoms with Crippen molar-refractivity contribution in [2.24, 2.45) is 5.92 Å². The second-order valence-electron chi connectivity index (χ2n) is 5.47. The number of aliphatic hydroxyl groups excluding tert-OH is 1. The van der Waals surface area contributed by atoms with Gasteiger partial charge in [0.15, 0.2) is 0 Å². The van der Waals surface area contributed by atoms with Gasteiger partial charge in [0.2, 0.25) is 0 Å². The van der Waals surface area contributed by atoms with E-state index >= 15 is 0 Å². The Hall–Kier alpha value is -0.930. The molecule has 0 aromatic heterocycles. The molecule has 1 aromatic rings. The number of nitrogens with one attached hydrogen (secondary N) is 1. The molecular formula is C15H22FNO. The predicted octanol–water partition coefficient (Wildman–Crippen LogP) is 3.03. The highest BCUT2D eigenvalue weighted by Gasteiger charge is 2.26. The number of halogens is 1. The van der Waals surface area contributed by atoms with Crippen LogP contribution in [-0.4, -0.2) is 17.2 Å². The molecule has 0 heterocycles. The van der Waals surface area contributed by atoms with E-state index in [0.717, 1.165) is 5.56 Å². The fourth-order valence-corrected chi connectivity index (χ4v) is 2.77. The molecule has 0 aliphatic heterocycles. The molecule has 0 amide bonds. The zero-order valence-corrected chi connectivity index (χ0v) is 11.1. The summed E-state index contributed by atoms with van der Waals surface area (Å²) in [6.45, 7) is 4.24. The minimum atomic E-state index is -0.585. The van der Waals surface area contributed by atoms with Gasteiger partial charge in [-0.1, -0.05) is 25.5 Å². The van der Waals surface area contributed by atoms with Gasteiger partial charge in [0.05, 0.1) is 6.10 Å². The third kappa shape index (κ3) is 3.09. The summed E-state index contributed by atoms with van der Waals surface area (Å²) >= 11 is 0. The average Bonchev–Trinajstić information content (AvgIpc) is 2.75. The fraction of sp³-hybridized carbons (Fsp3) is 0.600. The molecule has 0 spiro atoms. The lowest BCUT2D eigenvalue weighted by molar-refractivity contribution is 0.126. The summed E-state index contributed by atoms with van der Waals surface area (Å²) < 4.78 is 12.8. The quantitative estimate of drug-likeness (QED) is 0.862. The van der Waals surface area contributed by atoms with Crippen LogP contribution in [0.1, 0.15) is 44.8 Å². The van der Waals surface area contributed by atoms with Crippen molar-refractivity contribution in [3.8, 4) is 0 Å². The Morgan fingerprint density at radius 1 is 1.28 bits per heavy atom. The molecule has 1 aromatic carbocycles. The van der Waals surface area contributed by atoms with Crippen LogP contribution >= 0.6 is 0 Å². The molecule has 100 valence electrons. The second kappa shape index (κ2) is 5.81. The maximum Gasteiger partial charge on any atom is 0.123 e. The molecule has 4 atom stereocenters. The van der Waals surface area contributed by atoms with E-state index in [-0.39, 0.29) is 11.9 Å². The molecule has 0 bridgehead atoms. The number of benzene rings is 1. The second-order valence-corrected chi connectivity index (χ2v) is 5.47. The summed E-state index contributed by atoms with van der Waals surface area (Å²) in [5, 5.41) is 13.7. The molecular weight excluding hydrogens is 229 g/mol. The van der Waals surface area contributed by atoms with Crippen molar-refractivity contribution in [3.63, 3.8) is 0 Å². The number of rotatable bonds is 4. The minimum absolute atomic E-state index is 0.0130. The van der Waals surface area contributed by atoms with E-state index in [0.29, 0.717) is 12.0 Å². The molecule has 1 fully saturated rings. The average molecular weight is 251 g/mol. The van der Waals surface area contributed by atoms with Gasteiger partial charge in [-0.25, -0.2) is 4.39 Å². The fourth-order valence-electron chi connectivity index (χ4n) is 2.77. The molecule has 2 N–H and O–H groups in total. The van der Waals surface area contributed by atoms with Gasteiger partial charge in [0.25, 0.3) is 0 Å². The highest BCUT2D eigenvalue weighted by atomic mass is 19.1. The van der Waals surface area contributed by atoms with Crippen LogP contribution in [0.3, 0.4) is 0 Å². The number of hydrogen-bond donors (Lipinski definition) is 2. The Morgan fingerprint density at radius 2 is 1.94 bits per heavy atom. The Bertz CT molecular complexity index is 379. The van der Waals surface area contributed by atoms with Crippen molar-refractivity contribution in [2.75, 3.05) is 0 Å². The molecule has 18 heavy (non-hydrogen) atoms. The summed E-state index contributed by atoms with van der Waals surface area (Å²) in [6.07, 6.45) is 3.12. The number of aliphatic hydroxyl groups is 1. The van der Waals surface area contributed by atoms with Crippen LogP contribution in [0.5, 0.6) is 0 Å². The van der Waals surface area contributed by atoms with Crippen LogP contribution in [-0.2, 0) is 0 Å². The SMILES string of the molecule is CC1CCCC1NC(C)C(O)c1ccc(F)cc1. The summed E-state index contributed by atoms with van der Waals surface area (Å²) in [7, 11) is 0. The first-order valence-electron chi connectivity index (χ1n) is 6.77. The van der Waals surface area contributed by atoms with E-state index in [1.807, 2.05) is 6.92 Å². The van der Waals surface area contributed by atoms with E-state index in [1.54, 1.807) is 12.1 Å². The lowest BCUT2D eigenvalue weighted by atomic mass is 10.0. The van der Waals surface area contributed by atoms with Crippen molar-refractivity contribution >= 4 is 0 Å². The molecule has 3 heteroatoms. The van der Waals surface area contributed by atoms with Gasteiger partial charge in [-0.05, 0) is 43.4 Å². The first-order valence-corrected chi connectivity index (χ1v) is 6.77. The molecule has 1 saturated carbocycles. The van der Waals surface area contributed by atoms with E-state index in [4.69, 9.17) is 0 Å². The van der Waals surface area contributed by atoms with Crippen LogP contribution in [0.4, 0.5) is 4.39 Å². The lowest BCUT2D eigenvalue weighted by Gasteiger charge is -2.26. The lowest BCUT2D eigenvalue weighted by Crippen LogP contribution is -2.41. The van der Waals surface area contributed by atoms with Crippen LogP contribution in [0.25, 0.3) is 0 Å². The van der Waals surface area contributed by atoms with E-state index in [2.05, 4.69) is 12.2 Å². The van der Waals surface area contributed by atoms with Crippen molar-refractivity contribution in [3.05, 3.63) is 35.6 Å². The normalized spacial score (nSPS) is 27.1. The minimum Gasteiger partial charge on any atom is -0.387 e. The monoisotopic (exact) mass is 251 g/mol. The Balaban J connectivity index is 1.95. The van der Waals surface area contributed by atoms with Gasteiger partial charge in [0.1, 0.15) is 5.82 Å². The van der Waals surface area contributed by atoms with E-state index in [1.165, 1.54) is 31.4 Å². The van der Waals surface area contributed by atoms with E-state index in [9.17, 15) is 9.50 Å². The van der Waals surface area contributed by atoms with Gasteiger partial charge in [-0.3, -0.25) is 0 Å². The van der Waals surface area contributed by atoms with Crippen molar-refractivity contribution in [1.82, 2.24) is 5.32 Å². The maximum atomic E-state index is 12.8. The standard InChI is InChI=1S/C15H22FNO/c1-10-4-3-5-14(10)17-11(2)15(18)12-6-8-13(16)9-7-12/h6-11,14-15,17-18H,3-5H2,1-2H3. The van der Waals surface area contributed by atoms with Crippen LogP contribution in [0.15, 0.2) is 24.3 Å². The Morgan fingerprint density at radius 3 is 2.50 bits per heavy atom. The van der Waals surface area contributed by atoms with Gasteiger partial charge in [-0.15, -0.1) is 0 Å². The number of hydrogen-bond acceptors (Lipinski definition) is 2. The topological polar surface area (TPSA) is 32.3 Å². The summed E-state index contributed by atoms with van der Waals surface area (Å²) in [6, 6.07) is 6.57. The first kappa shape index (κ1) is 13.5. The highest BCUT2D eigenvalue weighted by molar-refractivity contribution is 5.19. The van der Waals surface area contributed by atoms with Crippen molar-refractivity contribution < 1.29 is 9.50 Å². The zero-order chi connectivity index (χ0) is 13.1. The maximum absolute atomic E-state index is 12.8. The largest absolute Gasteiger partial charge is 0.387 e. The van der Waals surface area contributed by atoms with Crippen LogP contribution < -0.4 is 5.32 Å². The van der Waals surface area contributed by atoms with Crippen molar-refractivity contribution in [1.29, 1.82) is 0 Å². The van der Waals surface area contributed by atoms with Gasteiger partial charge in [0, 0.05) is 12.1 Å². The summed E-state index contributed by atoms with van der Waals surface area (Å²) in [4.78, 5) is 0. The smallest absolute Gasteiger partial charge is 0.123 e. The molecule has 1 aliphatic carbocycles. The van der Waals surface area contributed by atoms with Gasteiger partial charge >= 0.3 is 0 Å². The highest BCUT2D eigenvalue weighted by Crippen LogP contribution is 2.27. The predicted molar refractivity (Wildman–Crippen MR) is 70.8 cm³/mol. The molecule has 4 unspecified atom stereocenters. The molecule has 0 radical (unpaired) electrons. The molecule has 2 nitrogen and oxygen atoms in total. The summed E-state index contributed by atoms with van der Waals surface area (Å²) in [5.41, 5.74) is 0.766. The third-order valence-electron chi connectivity index (χ3n) is 4.02. The molecule has 2 rings (SSSR count). The zero-order valence-electron chi connectivity index (χ0n) is 11.1. The van der Waals surface area contributed by atoms with E-state index < -0.39 is 6.10 Å². The summed E-state index contributed by atoms with van der Waals surface area (Å²) in [5.74, 6) is 0.406. The molecule has 0 saturated heterocycles. The third-order valence-corrected chi connectivity index (χ3v) is 4.02. The van der Waals surface area contributed by atoms with Gasteiger partial charge in [-0.2, -0.15) is 0 Å². The Labute approximate surface area is 108 Å². The van der Waals surface area contributed by atoms with Crippen molar-refractivity contribution in [2.45, 2.75) is 51.3 Å². The molecule has 1 aliphatic rings. The van der Waals surface area contributed by atoms with Gasteiger partial charge < -0.3 is 10.4 Å². The van der Waals surface area contributed by atoms with Crippen LogP contribution in [0.2, 0.25) is 0 Å². The van der Waals surface area contributed by atoms with Crippen LogP contribution in [0, 0.1) is 11.7 Å².